The molecule has 0 aliphatic carbocycles. The lowest BCUT2D eigenvalue weighted by Gasteiger charge is -2.34. The highest BCUT2D eigenvalue weighted by Gasteiger charge is 2.36. The van der Waals surface area contributed by atoms with Crippen LogP contribution in [0.1, 0.15) is 50.7 Å². The molecule has 2 atom stereocenters. The minimum atomic E-state index is -1.22. The lowest BCUT2D eigenvalue weighted by atomic mass is 9.80. The molecule has 2 heteroatoms. The van der Waals surface area contributed by atoms with Crippen LogP contribution in [0.3, 0.4) is 0 Å². The molecule has 100 valence electrons. The summed E-state index contributed by atoms with van der Waals surface area (Å²) in [4.78, 5) is 0. The van der Waals surface area contributed by atoms with Crippen LogP contribution >= 0.6 is 0 Å². The fourth-order valence-electron chi connectivity index (χ4n) is 2.74. The van der Waals surface area contributed by atoms with E-state index in [4.69, 9.17) is 0 Å². The number of hydrogen-bond acceptors (Lipinski definition) is 1. The van der Waals surface area contributed by atoms with Gasteiger partial charge >= 0.3 is 0 Å². The van der Waals surface area contributed by atoms with Crippen molar-refractivity contribution in [2.45, 2.75) is 45.2 Å². The fourth-order valence-corrected chi connectivity index (χ4v) is 2.74. The van der Waals surface area contributed by atoms with Crippen LogP contribution < -0.4 is 5.32 Å². The van der Waals surface area contributed by atoms with Crippen molar-refractivity contribution in [3.8, 4) is 0 Å². The summed E-state index contributed by atoms with van der Waals surface area (Å²) in [6, 6.07) is 8.05. The number of rotatable bonds is 3. The highest BCUT2D eigenvalue weighted by Crippen LogP contribution is 2.37. The zero-order valence-electron chi connectivity index (χ0n) is 11.7. The first kappa shape index (κ1) is 13.5. The topological polar surface area (TPSA) is 12.0 Å². The molecule has 1 aliphatic heterocycles. The Bertz CT molecular complexity index is 375. The van der Waals surface area contributed by atoms with Crippen molar-refractivity contribution >= 4 is 0 Å². The van der Waals surface area contributed by atoms with Crippen LogP contribution in [0, 0.1) is 5.92 Å². The molecular formula is C16H24FN. The van der Waals surface area contributed by atoms with Crippen LogP contribution in [0.25, 0.3) is 0 Å². The standard InChI is InChI=1S/C16H24FN/c1-12(2)13-6-8-14(9-7-13)16(3,17)15-5-4-10-18-11-15/h6-9,12,15,18H,4-5,10-11H2,1-3H3. The first-order chi connectivity index (χ1) is 8.51. The normalized spacial score (nSPS) is 23.9. The summed E-state index contributed by atoms with van der Waals surface area (Å²) < 4.78 is 15.0. The first-order valence-electron chi connectivity index (χ1n) is 7.02. The molecule has 1 aromatic carbocycles. The van der Waals surface area contributed by atoms with Gasteiger partial charge in [0.25, 0.3) is 0 Å². The van der Waals surface area contributed by atoms with E-state index in [1.165, 1.54) is 5.56 Å². The molecule has 18 heavy (non-hydrogen) atoms. The Balaban J connectivity index is 2.17. The quantitative estimate of drug-likeness (QED) is 0.854. The number of piperidine rings is 1. The minimum Gasteiger partial charge on any atom is -0.316 e. The van der Waals surface area contributed by atoms with Gasteiger partial charge in [0, 0.05) is 12.5 Å². The highest BCUT2D eigenvalue weighted by molar-refractivity contribution is 5.29. The monoisotopic (exact) mass is 249 g/mol. The van der Waals surface area contributed by atoms with E-state index in [1.54, 1.807) is 6.92 Å². The zero-order chi connectivity index (χ0) is 13.2. The summed E-state index contributed by atoms with van der Waals surface area (Å²) in [7, 11) is 0. The van der Waals surface area contributed by atoms with Gasteiger partial charge in [-0.05, 0) is 43.4 Å². The molecule has 0 amide bonds. The Labute approximate surface area is 110 Å². The van der Waals surface area contributed by atoms with Gasteiger partial charge in [-0.3, -0.25) is 0 Å². The SMILES string of the molecule is CC(C)c1ccc(C(C)(F)C2CCCNC2)cc1. The van der Waals surface area contributed by atoms with Gasteiger partial charge in [-0.15, -0.1) is 0 Å². The second kappa shape index (κ2) is 5.40. The Morgan fingerprint density at radius 3 is 2.44 bits per heavy atom. The van der Waals surface area contributed by atoms with Gasteiger partial charge in [-0.1, -0.05) is 38.1 Å². The molecule has 0 saturated carbocycles. The zero-order valence-corrected chi connectivity index (χ0v) is 11.7. The molecule has 1 nitrogen and oxygen atoms in total. The number of hydrogen-bond donors (Lipinski definition) is 1. The third-order valence-corrected chi connectivity index (χ3v) is 4.21. The molecule has 2 unspecified atom stereocenters. The van der Waals surface area contributed by atoms with Crippen LogP contribution in [-0.2, 0) is 5.67 Å². The summed E-state index contributed by atoms with van der Waals surface area (Å²) >= 11 is 0. The second-order valence-corrected chi connectivity index (χ2v) is 5.90. The van der Waals surface area contributed by atoms with Crippen molar-refractivity contribution in [2.24, 2.45) is 5.92 Å². The van der Waals surface area contributed by atoms with E-state index in [1.807, 2.05) is 12.1 Å². The second-order valence-electron chi connectivity index (χ2n) is 5.90. The molecule has 1 aromatic rings. The maximum absolute atomic E-state index is 15.0. The molecule has 1 aliphatic rings. The number of nitrogens with one attached hydrogen (secondary N) is 1. The lowest BCUT2D eigenvalue weighted by Crippen LogP contribution is -2.39. The molecular weight excluding hydrogens is 225 g/mol. The van der Waals surface area contributed by atoms with Gasteiger partial charge in [0.1, 0.15) is 5.67 Å². The van der Waals surface area contributed by atoms with E-state index >= 15 is 4.39 Å². The predicted octanol–water partition coefficient (Wildman–Crippen LogP) is 3.99. The largest absolute Gasteiger partial charge is 0.316 e. The third-order valence-electron chi connectivity index (χ3n) is 4.21. The van der Waals surface area contributed by atoms with E-state index in [2.05, 4.69) is 31.3 Å². The first-order valence-corrected chi connectivity index (χ1v) is 7.02. The van der Waals surface area contributed by atoms with Crippen molar-refractivity contribution < 1.29 is 4.39 Å². The van der Waals surface area contributed by atoms with E-state index in [9.17, 15) is 0 Å². The molecule has 0 radical (unpaired) electrons. The Hall–Kier alpha value is -0.890. The van der Waals surface area contributed by atoms with Crippen molar-refractivity contribution in [2.75, 3.05) is 13.1 Å². The van der Waals surface area contributed by atoms with E-state index in [0.717, 1.165) is 31.5 Å². The van der Waals surface area contributed by atoms with Gasteiger partial charge in [0.05, 0.1) is 0 Å². The molecule has 1 saturated heterocycles. The van der Waals surface area contributed by atoms with Gasteiger partial charge in [0.2, 0.25) is 0 Å². The number of alkyl halides is 1. The minimum absolute atomic E-state index is 0.0937. The molecule has 1 N–H and O–H groups in total. The van der Waals surface area contributed by atoms with Crippen LogP contribution in [-0.4, -0.2) is 13.1 Å². The summed E-state index contributed by atoms with van der Waals surface area (Å²) in [5, 5.41) is 3.30. The van der Waals surface area contributed by atoms with E-state index in [-0.39, 0.29) is 5.92 Å². The van der Waals surface area contributed by atoms with Crippen molar-refractivity contribution in [3.05, 3.63) is 35.4 Å². The van der Waals surface area contributed by atoms with E-state index < -0.39 is 5.67 Å². The van der Waals surface area contributed by atoms with Gasteiger partial charge in [-0.2, -0.15) is 0 Å². The molecule has 2 rings (SSSR count). The van der Waals surface area contributed by atoms with Crippen LogP contribution in [0.15, 0.2) is 24.3 Å². The Kier molecular flexibility index (Phi) is 4.06. The van der Waals surface area contributed by atoms with Crippen LogP contribution in [0.2, 0.25) is 0 Å². The van der Waals surface area contributed by atoms with Gasteiger partial charge < -0.3 is 5.32 Å². The summed E-state index contributed by atoms with van der Waals surface area (Å²) in [5.74, 6) is 0.595. The Morgan fingerprint density at radius 2 is 1.94 bits per heavy atom. The maximum Gasteiger partial charge on any atom is 0.137 e. The van der Waals surface area contributed by atoms with Crippen LogP contribution in [0.4, 0.5) is 4.39 Å². The lowest BCUT2D eigenvalue weighted by molar-refractivity contribution is 0.0812. The molecule has 0 bridgehead atoms. The smallest absolute Gasteiger partial charge is 0.137 e. The van der Waals surface area contributed by atoms with Crippen molar-refractivity contribution in [1.82, 2.24) is 5.32 Å². The predicted molar refractivity (Wildman–Crippen MR) is 74.6 cm³/mol. The molecule has 1 fully saturated rings. The van der Waals surface area contributed by atoms with Crippen molar-refractivity contribution in [1.29, 1.82) is 0 Å². The third kappa shape index (κ3) is 2.74. The van der Waals surface area contributed by atoms with Crippen LogP contribution in [0.5, 0.6) is 0 Å². The highest BCUT2D eigenvalue weighted by atomic mass is 19.1. The number of halogens is 1. The molecule has 0 spiro atoms. The molecule has 1 heterocycles. The molecule has 0 aromatic heterocycles. The van der Waals surface area contributed by atoms with Gasteiger partial charge in [0.15, 0.2) is 0 Å². The summed E-state index contributed by atoms with van der Waals surface area (Å²) in [6.45, 7) is 7.87. The Morgan fingerprint density at radius 1 is 1.28 bits per heavy atom. The van der Waals surface area contributed by atoms with Gasteiger partial charge in [-0.25, -0.2) is 4.39 Å². The summed E-state index contributed by atoms with van der Waals surface area (Å²) in [6.07, 6.45) is 2.06. The average Bonchev–Trinajstić information content (AvgIpc) is 2.40. The summed E-state index contributed by atoms with van der Waals surface area (Å²) in [5.41, 5.74) is 0.875. The van der Waals surface area contributed by atoms with E-state index in [0.29, 0.717) is 5.92 Å². The fraction of sp³-hybridized carbons (Fsp3) is 0.625. The van der Waals surface area contributed by atoms with Crippen molar-refractivity contribution in [3.63, 3.8) is 0 Å². The number of benzene rings is 1. The average molecular weight is 249 g/mol. The maximum atomic E-state index is 15.0.